The topological polar surface area (TPSA) is 105 Å². The third kappa shape index (κ3) is 5.64. The number of benzene rings is 1. The van der Waals surface area contributed by atoms with Gasteiger partial charge in [0.1, 0.15) is 6.04 Å². The van der Waals surface area contributed by atoms with Crippen molar-refractivity contribution in [1.29, 1.82) is 0 Å². The minimum Gasteiger partial charge on any atom is -0.480 e. The average molecular weight is 373 g/mol. The van der Waals surface area contributed by atoms with Crippen LogP contribution < -0.4 is 5.32 Å². The first-order valence-electron chi connectivity index (χ1n) is 9.26. The summed E-state index contributed by atoms with van der Waals surface area (Å²) in [6.45, 7) is 7.94. The summed E-state index contributed by atoms with van der Waals surface area (Å²) in [6, 6.07) is 7.07. The number of nitrogens with one attached hydrogen (secondary N) is 1. The molecule has 1 amide bonds. The average Bonchev–Trinajstić information content (AvgIpc) is 3.12. The normalized spacial score (nSPS) is 13.4. The third-order valence-corrected chi connectivity index (χ3v) is 4.67. The minimum absolute atomic E-state index is 0.0914. The van der Waals surface area contributed by atoms with E-state index in [1.165, 1.54) is 5.56 Å². The minimum atomic E-state index is -1.03. The number of carbonyl (C=O) groups is 2. The molecule has 2 aromatic rings. The Morgan fingerprint density at radius 2 is 1.85 bits per heavy atom. The fourth-order valence-corrected chi connectivity index (χ4v) is 2.64. The van der Waals surface area contributed by atoms with Gasteiger partial charge in [0.15, 0.2) is 0 Å². The van der Waals surface area contributed by atoms with Crippen LogP contribution in [0.25, 0.3) is 11.4 Å². The second kappa shape index (κ2) is 9.30. The Balaban J connectivity index is 1.93. The van der Waals surface area contributed by atoms with Gasteiger partial charge in [0.2, 0.25) is 17.6 Å². The molecular formula is C20H27N3O4. The Morgan fingerprint density at radius 3 is 2.41 bits per heavy atom. The van der Waals surface area contributed by atoms with Crippen molar-refractivity contribution >= 4 is 11.9 Å². The van der Waals surface area contributed by atoms with Gasteiger partial charge in [-0.05, 0) is 17.4 Å². The Bertz CT molecular complexity index is 768. The van der Waals surface area contributed by atoms with Gasteiger partial charge in [-0.15, -0.1) is 0 Å². The number of aromatic nitrogens is 2. The molecule has 7 nitrogen and oxygen atoms in total. The first-order chi connectivity index (χ1) is 12.8. The van der Waals surface area contributed by atoms with Gasteiger partial charge in [0, 0.05) is 18.4 Å². The molecule has 0 radical (unpaired) electrons. The van der Waals surface area contributed by atoms with E-state index >= 15 is 0 Å². The van der Waals surface area contributed by atoms with Crippen LogP contribution >= 0.6 is 0 Å². The van der Waals surface area contributed by atoms with Crippen molar-refractivity contribution < 1.29 is 19.2 Å². The molecule has 2 unspecified atom stereocenters. The van der Waals surface area contributed by atoms with Crippen molar-refractivity contribution in [3.8, 4) is 11.4 Å². The molecule has 0 aliphatic rings. The van der Waals surface area contributed by atoms with Crippen molar-refractivity contribution in [2.24, 2.45) is 5.92 Å². The van der Waals surface area contributed by atoms with E-state index in [1.807, 2.05) is 31.2 Å². The van der Waals surface area contributed by atoms with E-state index in [4.69, 9.17) is 4.52 Å². The lowest BCUT2D eigenvalue weighted by molar-refractivity contribution is -0.143. The standard InChI is InChI=1S/C20H27N3O4/c1-5-13(4)18(20(25)26)21-16(24)10-11-17-22-19(23-27-17)15-8-6-14(7-9-15)12(2)3/h6-9,12-13,18H,5,10-11H2,1-4H3,(H,21,24)(H,25,26). The first kappa shape index (κ1) is 20.6. The second-order valence-electron chi connectivity index (χ2n) is 7.06. The number of hydrogen-bond donors (Lipinski definition) is 2. The molecular weight excluding hydrogens is 346 g/mol. The van der Waals surface area contributed by atoms with E-state index in [1.54, 1.807) is 6.92 Å². The fourth-order valence-electron chi connectivity index (χ4n) is 2.64. The molecule has 2 N–H and O–H groups in total. The Morgan fingerprint density at radius 1 is 1.19 bits per heavy atom. The summed E-state index contributed by atoms with van der Waals surface area (Å²) in [6.07, 6.45) is 1.02. The monoisotopic (exact) mass is 373 g/mol. The molecule has 146 valence electrons. The molecule has 1 heterocycles. The zero-order chi connectivity index (χ0) is 20.0. The molecule has 1 aromatic heterocycles. The molecule has 2 rings (SSSR count). The Kier molecular flexibility index (Phi) is 7.10. The number of carboxylic acid groups (broad SMARTS) is 1. The summed E-state index contributed by atoms with van der Waals surface area (Å²) in [5, 5.41) is 15.8. The smallest absolute Gasteiger partial charge is 0.326 e. The maximum atomic E-state index is 12.1. The van der Waals surface area contributed by atoms with Crippen LogP contribution in [0.1, 0.15) is 57.9 Å². The van der Waals surface area contributed by atoms with E-state index in [0.717, 1.165) is 5.56 Å². The summed E-state index contributed by atoms with van der Waals surface area (Å²) >= 11 is 0. The molecule has 27 heavy (non-hydrogen) atoms. The van der Waals surface area contributed by atoms with Crippen LogP contribution in [0.2, 0.25) is 0 Å². The Labute approximate surface area is 159 Å². The summed E-state index contributed by atoms with van der Waals surface area (Å²) in [5.41, 5.74) is 2.08. The maximum Gasteiger partial charge on any atom is 0.326 e. The highest BCUT2D eigenvalue weighted by atomic mass is 16.5. The van der Waals surface area contributed by atoms with Gasteiger partial charge >= 0.3 is 5.97 Å². The lowest BCUT2D eigenvalue weighted by Crippen LogP contribution is -2.45. The van der Waals surface area contributed by atoms with Gasteiger partial charge in [-0.1, -0.05) is 63.5 Å². The quantitative estimate of drug-likeness (QED) is 0.698. The van der Waals surface area contributed by atoms with E-state index in [9.17, 15) is 14.7 Å². The number of nitrogens with zero attached hydrogens (tertiary/aromatic N) is 2. The van der Waals surface area contributed by atoms with Crippen LogP contribution in [0.4, 0.5) is 0 Å². The molecule has 0 saturated heterocycles. The van der Waals surface area contributed by atoms with Gasteiger partial charge in [-0.25, -0.2) is 4.79 Å². The van der Waals surface area contributed by atoms with Crippen LogP contribution in [0.3, 0.4) is 0 Å². The predicted octanol–water partition coefficient (Wildman–Crippen LogP) is 3.41. The number of carbonyl (C=O) groups excluding carboxylic acids is 1. The fraction of sp³-hybridized carbons (Fsp3) is 0.500. The zero-order valence-corrected chi connectivity index (χ0v) is 16.2. The molecule has 0 aliphatic carbocycles. The molecule has 0 saturated carbocycles. The summed E-state index contributed by atoms with van der Waals surface area (Å²) in [5.74, 6) is -0.239. The lowest BCUT2D eigenvalue weighted by Gasteiger charge is -2.19. The van der Waals surface area contributed by atoms with Crippen LogP contribution in [-0.2, 0) is 16.0 Å². The van der Waals surface area contributed by atoms with Crippen LogP contribution in [0.5, 0.6) is 0 Å². The highest BCUT2D eigenvalue weighted by Crippen LogP contribution is 2.20. The van der Waals surface area contributed by atoms with Gasteiger partial charge in [0.05, 0.1) is 0 Å². The lowest BCUT2D eigenvalue weighted by atomic mass is 9.99. The highest BCUT2D eigenvalue weighted by Gasteiger charge is 2.25. The van der Waals surface area contributed by atoms with Crippen LogP contribution in [-0.4, -0.2) is 33.2 Å². The van der Waals surface area contributed by atoms with E-state index in [-0.39, 0.29) is 24.7 Å². The van der Waals surface area contributed by atoms with E-state index in [2.05, 4.69) is 29.3 Å². The van der Waals surface area contributed by atoms with Gasteiger partial charge in [-0.2, -0.15) is 4.98 Å². The van der Waals surface area contributed by atoms with Gasteiger partial charge < -0.3 is 14.9 Å². The predicted molar refractivity (Wildman–Crippen MR) is 101 cm³/mol. The summed E-state index contributed by atoms with van der Waals surface area (Å²) < 4.78 is 5.21. The van der Waals surface area contributed by atoms with Crippen molar-refractivity contribution in [3.63, 3.8) is 0 Å². The van der Waals surface area contributed by atoms with Gasteiger partial charge in [0.25, 0.3) is 0 Å². The summed E-state index contributed by atoms with van der Waals surface area (Å²) in [7, 11) is 0. The molecule has 1 aromatic carbocycles. The number of amides is 1. The number of rotatable bonds is 9. The molecule has 0 fully saturated rings. The van der Waals surface area contributed by atoms with Crippen LogP contribution in [0, 0.1) is 5.92 Å². The number of aryl methyl sites for hydroxylation is 1. The van der Waals surface area contributed by atoms with E-state index in [0.29, 0.717) is 24.1 Å². The second-order valence-corrected chi connectivity index (χ2v) is 7.06. The molecule has 0 aliphatic heterocycles. The zero-order valence-electron chi connectivity index (χ0n) is 16.2. The molecule has 7 heteroatoms. The number of hydrogen-bond acceptors (Lipinski definition) is 5. The third-order valence-electron chi connectivity index (χ3n) is 4.67. The summed E-state index contributed by atoms with van der Waals surface area (Å²) in [4.78, 5) is 27.7. The molecule has 2 atom stereocenters. The highest BCUT2D eigenvalue weighted by molar-refractivity contribution is 5.83. The van der Waals surface area contributed by atoms with E-state index < -0.39 is 12.0 Å². The molecule has 0 spiro atoms. The maximum absolute atomic E-state index is 12.1. The SMILES string of the molecule is CCC(C)C(NC(=O)CCc1nc(-c2ccc(C(C)C)cc2)no1)C(=O)O. The van der Waals surface area contributed by atoms with Gasteiger partial charge in [-0.3, -0.25) is 4.79 Å². The number of aliphatic carboxylic acids is 1. The Hall–Kier alpha value is -2.70. The first-order valence-corrected chi connectivity index (χ1v) is 9.26. The largest absolute Gasteiger partial charge is 0.480 e. The number of carboxylic acids is 1. The van der Waals surface area contributed by atoms with Crippen molar-refractivity contribution in [3.05, 3.63) is 35.7 Å². The van der Waals surface area contributed by atoms with Crippen molar-refractivity contribution in [1.82, 2.24) is 15.5 Å². The van der Waals surface area contributed by atoms with Crippen molar-refractivity contribution in [2.75, 3.05) is 0 Å². The molecule has 0 bridgehead atoms. The van der Waals surface area contributed by atoms with Crippen LogP contribution in [0.15, 0.2) is 28.8 Å². The van der Waals surface area contributed by atoms with Crippen molar-refractivity contribution in [2.45, 2.75) is 58.9 Å².